The molecule has 3 fully saturated rings. The van der Waals surface area contributed by atoms with E-state index in [0.29, 0.717) is 23.2 Å². The van der Waals surface area contributed by atoms with Crippen molar-refractivity contribution in [3.8, 4) is 0 Å². The number of carboxylic acid groups (broad SMARTS) is 1. The first-order valence-corrected chi connectivity index (χ1v) is 8.95. The second-order valence-electron chi connectivity index (χ2n) is 7.39. The number of benzene rings is 1. The highest BCUT2D eigenvalue weighted by Gasteiger charge is 2.61. The van der Waals surface area contributed by atoms with Gasteiger partial charge in [-0.1, -0.05) is 0 Å². The van der Waals surface area contributed by atoms with Gasteiger partial charge in [0.25, 0.3) is 0 Å². The number of anilines is 2. The van der Waals surface area contributed by atoms with E-state index < -0.39 is 5.97 Å². The number of fused-ring (bicyclic) bond motifs is 5. The number of carbonyl (C=O) groups is 4. The monoisotopic (exact) mass is 356 g/mol. The molecule has 1 aliphatic heterocycles. The fourth-order valence-electron chi connectivity index (χ4n) is 4.80. The van der Waals surface area contributed by atoms with Crippen LogP contribution in [0.5, 0.6) is 0 Å². The molecule has 2 aliphatic carbocycles. The molecule has 0 aromatic heterocycles. The Morgan fingerprint density at radius 2 is 1.58 bits per heavy atom. The van der Waals surface area contributed by atoms with Crippen LogP contribution >= 0.6 is 0 Å². The van der Waals surface area contributed by atoms with Gasteiger partial charge >= 0.3 is 5.97 Å². The van der Waals surface area contributed by atoms with E-state index in [1.165, 1.54) is 4.90 Å². The Morgan fingerprint density at radius 3 is 2.12 bits per heavy atom. The minimum Gasteiger partial charge on any atom is -0.481 e. The quantitative estimate of drug-likeness (QED) is 0.786. The van der Waals surface area contributed by atoms with Crippen molar-refractivity contribution >= 4 is 35.1 Å². The highest BCUT2D eigenvalue weighted by atomic mass is 16.4. The maximum Gasteiger partial charge on any atom is 0.303 e. The number of aliphatic carboxylic acids is 1. The molecule has 3 aliphatic rings. The molecule has 1 saturated heterocycles. The summed E-state index contributed by atoms with van der Waals surface area (Å²) < 4.78 is 0. The number of hydrogen-bond donors (Lipinski definition) is 2. The van der Waals surface area contributed by atoms with Gasteiger partial charge in [0.15, 0.2) is 0 Å². The molecule has 0 radical (unpaired) electrons. The average Bonchev–Trinajstić information content (AvgIpc) is 3.28. The van der Waals surface area contributed by atoms with Crippen LogP contribution in [0.25, 0.3) is 0 Å². The van der Waals surface area contributed by atoms with Gasteiger partial charge in [0.05, 0.1) is 23.9 Å². The SMILES string of the molecule is O=C(O)CCC(=O)Nc1ccc(N2C(=O)C3C4CCC(C4)C3C2=O)cc1. The molecule has 4 atom stereocenters. The lowest BCUT2D eigenvalue weighted by Gasteiger charge is -2.19. The second kappa shape index (κ2) is 6.23. The molecule has 1 heterocycles. The van der Waals surface area contributed by atoms with Crippen molar-refractivity contribution in [3.05, 3.63) is 24.3 Å². The molecule has 7 nitrogen and oxygen atoms in total. The van der Waals surface area contributed by atoms with Crippen molar-refractivity contribution in [3.63, 3.8) is 0 Å². The smallest absolute Gasteiger partial charge is 0.303 e. The summed E-state index contributed by atoms with van der Waals surface area (Å²) in [7, 11) is 0. The molecule has 1 aromatic carbocycles. The molecule has 7 heteroatoms. The van der Waals surface area contributed by atoms with Crippen LogP contribution in [-0.2, 0) is 19.2 Å². The van der Waals surface area contributed by atoms with Crippen molar-refractivity contribution in [2.45, 2.75) is 32.1 Å². The average molecular weight is 356 g/mol. The van der Waals surface area contributed by atoms with Gasteiger partial charge in [-0.15, -0.1) is 0 Å². The molecule has 4 rings (SSSR count). The summed E-state index contributed by atoms with van der Waals surface area (Å²) in [5, 5.41) is 11.2. The molecule has 3 amide bonds. The number of imide groups is 1. The van der Waals surface area contributed by atoms with Crippen molar-refractivity contribution in [2.24, 2.45) is 23.7 Å². The summed E-state index contributed by atoms with van der Waals surface area (Å²) in [4.78, 5) is 49.0. The summed E-state index contributed by atoms with van der Waals surface area (Å²) >= 11 is 0. The highest BCUT2D eigenvalue weighted by molar-refractivity contribution is 6.22. The number of amides is 3. The van der Waals surface area contributed by atoms with Crippen LogP contribution in [0.3, 0.4) is 0 Å². The van der Waals surface area contributed by atoms with Gasteiger partial charge in [0, 0.05) is 12.1 Å². The Bertz CT molecular complexity index is 760. The third-order valence-electron chi connectivity index (χ3n) is 5.90. The van der Waals surface area contributed by atoms with Crippen molar-refractivity contribution in [2.75, 3.05) is 10.2 Å². The number of carboxylic acids is 1. The van der Waals surface area contributed by atoms with Gasteiger partial charge in [-0.3, -0.25) is 24.1 Å². The molecular weight excluding hydrogens is 336 g/mol. The molecular formula is C19H20N2O5. The number of nitrogens with zero attached hydrogens (tertiary/aromatic N) is 1. The van der Waals surface area contributed by atoms with Crippen molar-refractivity contribution < 1.29 is 24.3 Å². The molecule has 2 bridgehead atoms. The van der Waals surface area contributed by atoms with Gasteiger partial charge in [-0.05, 0) is 55.4 Å². The molecule has 0 spiro atoms. The number of rotatable bonds is 5. The lowest BCUT2D eigenvalue weighted by Crippen LogP contribution is -2.32. The summed E-state index contributed by atoms with van der Waals surface area (Å²) in [5.74, 6) is -1.22. The lowest BCUT2D eigenvalue weighted by molar-refractivity contribution is -0.138. The van der Waals surface area contributed by atoms with Crippen LogP contribution < -0.4 is 10.2 Å². The van der Waals surface area contributed by atoms with E-state index >= 15 is 0 Å². The third kappa shape index (κ3) is 2.67. The second-order valence-corrected chi connectivity index (χ2v) is 7.39. The molecule has 2 N–H and O–H groups in total. The largest absolute Gasteiger partial charge is 0.481 e. The van der Waals surface area contributed by atoms with Crippen LogP contribution in [-0.4, -0.2) is 28.8 Å². The standard InChI is InChI=1S/C19H20N2O5/c22-14(7-8-15(23)24)20-12-3-5-13(6-4-12)21-18(25)16-10-1-2-11(9-10)17(16)19(21)26/h3-6,10-11,16-17H,1-2,7-9H2,(H,20,22)(H,23,24). The van der Waals surface area contributed by atoms with E-state index in [2.05, 4.69) is 5.32 Å². The number of carbonyl (C=O) groups excluding carboxylic acids is 3. The Kier molecular flexibility index (Phi) is 4.01. The Balaban J connectivity index is 1.46. The van der Waals surface area contributed by atoms with Gasteiger partial charge in [-0.25, -0.2) is 0 Å². The number of nitrogens with one attached hydrogen (secondary N) is 1. The van der Waals surface area contributed by atoms with E-state index in [4.69, 9.17) is 5.11 Å². The van der Waals surface area contributed by atoms with Gasteiger partial charge in [-0.2, -0.15) is 0 Å². The Morgan fingerprint density at radius 1 is 1.00 bits per heavy atom. The molecule has 1 aromatic rings. The van der Waals surface area contributed by atoms with Gasteiger partial charge in [0.2, 0.25) is 17.7 Å². The fourth-order valence-corrected chi connectivity index (χ4v) is 4.80. The van der Waals surface area contributed by atoms with E-state index in [9.17, 15) is 19.2 Å². The zero-order valence-electron chi connectivity index (χ0n) is 14.2. The first-order valence-electron chi connectivity index (χ1n) is 8.95. The lowest BCUT2D eigenvalue weighted by atomic mass is 9.81. The normalized spacial score (nSPS) is 29.2. The zero-order valence-corrected chi connectivity index (χ0v) is 14.2. The topological polar surface area (TPSA) is 104 Å². The predicted octanol–water partition coefficient (Wildman–Crippen LogP) is 2.03. The fraction of sp³-hybridized carbons (Fsp3) is 0.474. The summed E-state index contributed by atoms with van der Waals surface area (Å²) in [5.41, 5.74) is 1.03. The number of hydrogen-bond acceptors (Lipinski definition) is 4. The van der Waals surface area contributed by atoms with Crippen LogP contribution in [0.4, 0.5) is 11.4 Å². The van der Waals surface area contributed by atoms with Gasteiger partial charge < -0.3 is 10.4 Å². The first kappa shape index (κ1) is 16.8. The van der Waals surface area contributed by atoms with Crippen molar-refractivity contribution in [1.29, 1.82) is 0 Å². The first-order chi connectivity index (χ1) is 12.5. The minimum atomic E-state index is -1.03. The van der Waals surface area contributed by atoms with Crippen LogP contribution in [0.15, 0.2) is 24.3 Å². The molecule has 136 valence electrons. The minimum absolute atomic E-state index is 0.0922. The van der Waals surface area contributed by atoms with E-state index in [1.807, 2.05) is 0 Å². The maximum atomic E-state index is 12.8. The third-order valence-corrected chi connectivity index (χ3v) is 5.90. The van der Waals surface area contributed by atoms with E-state index in [-0.39, 0.29) is 42.4 Å². The zero-order chi connectivity index (χ0) is 18.4. The van der Waals surface area contributed by atoms with Crippen LogP contribution in [0, 0.1) is 23.7 Å². The van der Waals surface area contributed by atoms with Crippen LogP contribution in [0.2, 0.25) is 0 Å². The Hall–Kier alpha value is -2.70. The molecule has 26 heavy (non-hydrogen) atoms. The highest BCUT2D eigenvalue weighted by Crippen LogP contribution is 2.56. The van der Waals surface area contributed by atoms with Gasteiger partial charge in [0.1, 0.15) is 0 Å². The van der Waals surface area contributed by atoms with Crippen LogP contribution in [0.1, 0.15) is 32.1 Å². The summed E-state index contributed by atoms with van der Waals surface area (Å²) in [6, 6.07) is 6.53. The van der Waals surface area contributed by atoms with Crippen molar-refractivity contribution in [1.82, 2.24) is 0 Å². The van der Waals surface area contributed by atoms with E-state index in [0.717, 1.165) is 19.3 Å². The summed E-state index contributed by atoms with van der Waals surface area (Å²) in [6.45, 7) is 0. The molecule has 4 unspecified atom stereocenters. The summed E-state index contributed by atoms with van der Waals surface area (Å²) in [6.07, 6.45) is 2.75. The van der Waals surface area contributed by atoms with E-state index in [1.54, 1.807) is 24.3 Å². The predicted molar refractivity (Wildman–Crippen MR) is 92.2 cm³/mol. The Labute approximate surface area is 150 Å². The maximum absolute atomic E-state index is 12.8. The molecule has 2 saturated carbocycles.